The van der Waals surface area contributed by atoms with E-state index in [-0.39, 0.29) is 5.92 Å². The Hall–Kier alpha value is -2.60. The van der Waals surface area contributed by atoms with Crippen LogP contribution in [0.4, 0.5) is 11.4 Å². The van der Waals surface area contributed by atoms with Crippen LogP contribution in [0.5, 0.6) is 0 Å². The van der Waals surface area contributed by atoms with E-state index in [0.29, 0.717) is 45.5 Å². The molecular formula is C24H24Cl2N4O. The van der Waals surface area contributed by atoms with Gasteiger partial charge in [-0.25, -0.2) is 4.98 Å². The first kappa shape index (κ1) is 21.6. The number of nitrogens with two attached hydrogens (primary N) is 2. The van der Waals surface area contributed by atoms with Crippen molar-refractivity contribution >= 4 is 56.4 Å². The van der Waals surface area contributed by atoms with E-state index in [9.17, 15) is 5.11 Å². The van der Waals surface area contributed by atoms with Crippen LogP contribution < -0.4 is 11.5 Å². The summed E-state index contributed by atoms with van der Waals surface area (Å²) in [6.45, 7) is 3.76. The number of rotatable bonds is 5. The summed E-state index contributed by atoms with van der Waals surface area (Å²) in [7, 11) is 0. The number of nitrogen functional groups attached to an aromatic ring is 2. The second-order valence-corrected chi connectivity index (χ2v) is 9.09. The summed E-state index contributed by atoms with van der Waals surface area (Å²) in [5.41, 5.74) is 15.0. The number of aromatic nitrogens is 2. The van der Waals surface area contributed by atoms with Crippen molar-refractivity contribution in [3.63, 3.8) is 0 Å². The van der Waals surface area contributed by atoms with E-state index < -0.39 is 5.60 Å². The molecule has 5 nitrogen and oxygen atoms in total. The smallest absolute Gasteiger partial charge is 0.106 e. The Morgan fingerprint density at radius 1 is 1.00 bits per heavy atom. The van der Waals surface area contributed by atoms with Crippen molar-refractivity contribution in [3.8, 4) is 0 Å². The molecule has 2 unspecified atom stereocenters. The quantitative estimate of drug-likeness (QED) is 0.341. The molecule has 0 saturated carbocycles. The van der Waals surface area contributed by atoms with E-state index in [1.807, 2.05) is 43.3 Å². The Labute approximate surface area is 191 Å². The molecule has 2 aromatic heterocycles. The van der Waals surface area contributed by atoms with Gasteiger partial charge in [-0.15, -0.1) is 0 Å². The first-order valence-corrected chi connectivity index (χ1v) is 10.8. The summed E-state index contributed by atoms with van der Waals surface area (Å²) >= 11 is 12.4. The van der Waals surface area contributed by atoms with Gasteiger partial charge in [0.1, 0.15) is 5.60 Å². The Kier molecular flexibility index (Phi) is 5.69. The summed E-state index contributed by atoms with van der Waals surface area (Å²) in [5.74, 6) is 0.0140. The zero-order valence-corrected chi connectivity index (χ0v) is 18.9. The standard InChI is InChI=1S/C24H24Cl2N4O/c1-13(21-18(27)10-14-6-7-16(25)12-20(14)29-21)8-9-24(2,31)23-19(28)11-15-4-3-5-17(26)22(15)30-23/h3-7,10-13,31H,8-9,27-28H2,1-2H3. The minimum Gasteiger partial charge on any atom is -0.397 e. The first-order chi connectivity index (χ1) is 14.7. The van der Waals surface area contributed by atoms with Gasteiger partial charge in [0, 0.05) is 21.7 Å². The second kappa shape index (κ2) is 8.15. The molecule has 0 fully saturated rings. The molecule has 31 heavy (non-hydrogen) atoms. The Morgan fingerprint density at radius 3 is 2.52 bits per heavy atom. The fourth-order valence-electron chi connectivity index (χ4n) is 3.93. The summed E-state index contributed by atoms with van der Waals surface area (Å²) < 4.78 is 0. The van der Waals surface area contributed by atoms with E-state index in [1.165, 1.54) is 0 Å². The number of fused-ring (bicyclic) bond motifs is 2. The molecule has 2 heterocycles. The molecule has 160 valence electrons. The summed E-state index contributed by atoms with van der Waals surface area (Å²) in [5, 5.41) is 14.2. The molecule has 0 spiro atoms. The first-order valence-electron chi connectivity index (χ1n) is 10.1. The van der Waals surface area contributed by atoms with Crippen molar-refractivity contribution in [2.75, 3.05) is 11.5 Å². The van der Waals surface area contributed by atoms with Crippen LogP contribution in [-0.4, -0.2) is 15.1 Å². The number of hydrogen-bond acceptors (Lipinski definition) is 5. The third-order valence-electron chi connectivity index (χ3n) is 5.71. The number of halogens is 2. The molecule has 0 saturated heterocycles. The van der Waals surface area contributed by atoms with Crippen LogP contribution in [0.1, 0.15) is 44.0 Å². The molecule has 0 radical (unpaired) electrons. The molecule has 5 N–H and O–H groups in total. The fourth-order valence-corrected chi connectivity index (χ4v) is 4.32. The van der Waals surface area contributed by atoms with Gasteiger partial charge in [-0.3, -0.25) is 4.98 Å². The molecule has 0 aliphatic rings. The lowest BCUT2D eigenvalue weighted by Crippen LogP contribution is -2.25. The highest BCUT2D eigenvalue weighted by Crippen LogP contribution is 2.36. The van der Waals surface area contributed by atoms with Crippen molar-refractivity contribution in [1.82, 2.24) is 9.97 Å². The van der Waals surface area contributed by atoms with Crippen LogP contribution in [0.15, 0.2) is 48.5 Å². The molecular weight excluding hydrogens is 431 g/mol. The highest BCUT2D eigenvalue weighted by Gasteiger charge is 2.29. The topological polar surface area (TPSA) is 98.0 Å². The molecule has 0 aliphatic carbocycles. The van der Waals surface area contributed by atoms with E-state index in [0.717, 1.165) is 22.0 Å². The van der Waals surface area contributed by atoms with E-state index >= 15 is 0 Å². The lowest BCUT2D eigenvalue weighted by Gasteiger charge is -2.26. The van der Waals surface area contributed by atoms with Crippen LogP contribution in [0.2, 0.25) is 10.0 Å². The number of benzene rings is 2. The van der Waals surface area contributed by atoms with Gasteiger partial charge in [-0.05, 0) is 50.1 Å². The molecule has 2 atom stereocenters. The van der Waals surface area contributed by atoms with E-state index in [1.54, 1.807) is 19.1 Å². The van der Waals surface area contributed by atoms with Gasteiger partial charge in [-0.1, -0.05) is 48.3 Å². The third kappa shape index (κ3) is 4.26. The number of pyridine rings is 2. The van der Waals surface area contributed by atoms with Crippen molar-refractivity contribution in [1.29, 1.82) is 0 Å². The van der Waals surface area contributed by atoms with Gasteiger partial charge >= 0.3 is 0 Å². The number of aliphatic hydroxyl groups is 1. The number of anilines is 2. The average Bonchev–Trinajstić information content (AvgIpc) is 2.71. The van der Waals surface area contributed by atoms with Crippen LogP contribution >= 0.6 is 23.2 Å². The van der Waals surface area contributed by atoms with Gasteiger partial charge in [0.15, 0.2) is 0 Å². The fraction of sp³-hybridized carbons (Fsp3) is 0.250. The predicted octanol–water partition coefficient (Wildman–Crippen LogP) is 6.05. The molecule has 2 aromatic carbocycles. The minimum atomic E-state index is -1.24. The van der Waals surface area contributed by atoms with Crippen molar-refractivity contribution in [2.45, 2.75) is 38.2 Å². The van der Waals surface area contributed by atoms with Crippen LogP contribution in [-0.2, 0) is 5.60 Å². The second-order valence-electron chi connectivity index (χ2n) is 8.25. The zero-order valence-electron chi connectivity index (χ0n) is 17.4. The van der Waals surface area contributed by atoms with Crippen molar-refractivity contribution in [2.24, 2.45) is 0 Å². The highest BCUT2D eigenvalue weighted by atomic mass is 35.5. The maximum Gasteiger partial charge on any atom is 0.106 e. The number of nitrogens with zero attached hydrogens (tertiary/aromatic N) is 2. The van der Waals surface area contributed by atoms with E-state index in [2.05, 4.69) is 4.98 Å². The van der Waals surface area contributed by atoms with Gasteiger partial charge in [0.05, 0.1) is 38.8 Å². The van der Waals surface area contributed by atoms with Crippen LogP contribution in [0, 0.1) is 0 Å². The Morgan fingerprint density at radius 2 is 1.74 bits per heavy atom. The SMILES string of the molecule is CC(CCC(C)(O)c1nc2c(Cl)cccc2cc1N)c1nc2cc(Cl)ccc2cc1N. The summed E-state index contributed by atoms with van der Waals surface area (Å²) in [6, 6.07) is 14.8. The van der Waals surface area contributed by atoms with Crippen molar-refractivity contribution < 1.29 is 5.11 Å². The maximum absolute atomic E-state index is 11.2. The zero-order chi connectivity index (χ0) is 22.3. The molecule has 0 bridgehead atoms. The van der Waals surface area contributed by atoms with Crippen molar-refractivity contribution in [3.05, 3.63) is 70.0 Å². The average molecular weight is 455 g/mol. The monoisotopic (exact) mass is 454 g/mol. The predicted molar refractivity (Wildman–Crippen MR) is 130 cm³/mol. The third-order valence-corrected chi connectivity index (χ3v) is 6.25. The van der Waals surface area contributed by atoms with E-state index in [4.69, 9.17) is 39.7 Å². The number of hydrogen-bond donors (Lipinski definition) is 3. The van der Waals surface area contributed by atoms with Crippen LogP contribution in [0.25, 0.3) is 21.8 Å². The highest BCUT2D eigenvalue weighted by molar-refractivity contribution is 6.35. The van der Waals surface area contributed by atoms with Crippen LogP contribution in [0.3, 0.4) is 0 Å². The largest absolute Gasteiger partial charge is 0.397 e. The maximum atomic E-state index is 11.2. The normalized spacial score (nSPS) is 14.6. The molecule has 0 amide bonds. The lowest BCUT2D eigenvalue weighted by molar-refractivity contribution is 0.0405. The molecule has 0 aliphatic heterocycles. The number of para-hydroxylation sites is 1. The Balaban J connectivity index is 1.60. The molecule has 4 aromatic rings. The van der Waals surface area contributed by atoms with Gasteiger partial charge in [0.2, 0.25) is 0 Å². The molecule has 7 heteroatoms. The van der Waals surface area contributed by atoms with Gasteiger partial charge in [0.25, 0.3) is 0 Å². The molecule has 4 rings (SSSR count). The lowest BCUT2D eigenvalue weighted by atomic mass is 9.88. The summed E-state index contributed by atoms with van der Waals surface area (Å²) in [6.07, 6.45) is 1.06. The minimum absolute atomic E-state index is 0.0140. The van der Waals surface area contributed by atoms with Gasteiger partial charge < -0.3 is 16.6 Å². The van der Waals surface area contributed by atoms with Gasteiger partial charge in [-0.2, -0.15) is 0 Å². The Bertz CT molecular complexity index is 1290. The summed E-state index contributed by atoms with van der Waals surface area (Å²) in [4.78, 5) is 9.33.